The minimum absolute atomic E-state index is 0.0634. The molecular weight excluding hydrogens is 300 g/mol. The molecule has 2 amide bonds. The number of nitrogens with one attached hydrogen (secondary N) is 2. The van der Waals surface area contributed by atoms with Crippen molar-refractivity contribution in [3.63, 3.8) is 0 Å². The van der Waals surface area contributed by atoms with Gasteiger partial charge in [0.25, 0.3) is 5.91 Å². The van der Waals surface area contributed by atoms with E-state index in [4.69, 9.17) is 0 Å². The maximum atomic E-state index is 12.4. The third-order valence-electron chi connectivity index (χ3n) is 3.95. The number of hydrogen-bond donors (Lipinski definition) is 2. The van der Waals surface area contributed by atoms with Crippen LogP contribution in [0, 0.1) is 0 Å². The second kappa shape index (κ2) is 8.87. The molecule has 4 nitrogen and oxygen atoms in total. The van der Waals surface area contributed by atoms with Crippen molar-refractivity contribution >= 4 is 11.8 Å². The van der Waals surface area contributed by atoms with Crippen LogP contribution < -0.4 is 10.6 Å². The van der Waals surface area contributed by atoms with Crippen LogP contribution in [0.5, 0.6) is 0 Å². The zero-order valence-corrected chi connectivity index (χ0v) is 14.2. The minimum atomic E-state index is -0.358. The first kappa shape index (κ1) is 17.7. The van der Waals surface area contributed by atoms with Gasteiger partial charge in [0.2, 0.25) is 5.91 Å². The number of carbonyl (C=O) groups excluding carboxylic acids is 2. The molecule has 0 radical (unpaired) electrons. The summed E-state index contributed by atoms with van der Waals surface area (Å²) in [4.78, 5) is 24.7. The second-order valence-corrected chi connectivity index (χ2v) is 5.88. The maximum absolute atomic E-state index is 12.4. The van der Waals surface area contributed by atoms with Crippen LogP contribution in [0.15, 0.2) is 60.7 Å². The number of amides is 2. The zero-order valence-electron chi connectivity index (χ0n) is 14.2. The molecule has 0 bridgehead atoms. The van der Waals surface area contributed by atoms with E-state index in [1.54, 1.807) is 12.1 Å². The molecule has 2 rings (SSSR count). The predicted molar refractivity (Wildman–Crippen MR) is 95.6 cm³/mol. The van der Waals surface area contributed by atoms with Crippen molar-refractivity contribution in [3.05, 3.63) is 71.8 Å². The van der Waals surface area contributed by atoms with Crippen LogP contribution in [0.25, 0.3) is 0 Å². The van der Waals surface area contributed by atoms with Crippen LogP contribution in [0.4, 0.5) is 0 Å². The maximum Gasteiger partial charge on any atom is 0.251 e. The number of rotatable bonds is 7. The highest BCUT2D eigenvalue weighted by molar-refractivity contribution is 5.94. The molecule has 0 unspecified atom stereocenters. The minimum Gasteiger partial charge on any atom is -0.354 e. The lowest BCUT2D eigenvalue weighted by Crippen LogP contribution is -2.37. The standard InChI is InChI=1S/C20H24N2O2/c1-3-15(2)21-19(23)14-18(16-10-6-4-7-11-16)22-20(24)17-12-8-5-9-13-17/h4-13,15,18H,3,14H2,1-2H3,(H,21,23)(H,22,24)/t15-,18-/m0/s1. The molecule has 0 saturated heterocycles. The van der Waals surface area contributed by atoms with Gasteiger partial charge >= 0.3 is 0 Å². The van der Waals surface area contributed by atoms with E-state index in [0.29, 0.717) is 5.56 Å². The Labute approximate surface area is 143 Å². The lowest BCUT2D eigenvalue weighted by atomic mass is 10.0. The van der Waals surface area contributed by atoms with Crippen LogP contribution in [0.1, 0.15) is 48.7 Å². The molecule has 0 saturated carbocycles. The van der Waals surface area contributed by atoms with E-state index >= 15 is 0 Å². The van der Waals surface area contributed by atoms with E-state index in [9.17, 15) is 9.59 Å². The van der Waals surface area contributed by atoms with Crippen molar-refractivity contribution < 1.29 is 9.59 Å². The van der Waals surface area contributed by atoms with Crippen LogP contribution >= 0.6 is 0 Å². The first-order chi connectivity index (χ1) is 11.6. The number of carbonyl (C=O) groups is 2. The Hall–Kier alpha value is -2.62. The van der Waals surface area contributed by atoms with Crippen molar-refractivity contribution in [1.29, 1.82) is 0 Å². The molecule has 4 heteroatoms. The third-order valence-corrected chi connectivity index (χ3v) is 3.95. The Kier molecular flexibility index (Phi) is 6.55. The molecule has 0 aliphatic heterocycles. The van der Waals surface area contributed by atoms with E-state index in [2.05, 4.69) is 10.6 Å². The first-order valence-corrected chi connectivity index (χ1v) is 8.30. The summed E-state index contributed by atoms with van der Waals surface area (Å²) in [7, 11) is 0. The quantitative estimate of drug-likeness (QED) is 0.819. The molecule has 0 heterocycles. The van der Waals surface area contributed by atoms with E-state index in [1.807, 2.05) is 62.4 Å². The molecule has 0 aliphatic rings. The molecule has 0 aromatic heterocycles. The average molecular weight is 324 g/mol. The van der Waals surface area contributed by atoms with Gasteiger partial charge in [-0.2, -0.15) is 0 Å². The molecule has 2 atom stereocenters. The van der Waals surface area contributed by atoms with Gasteiger partial charge in [-0.1, -0.05) is 55.5 Å². The SMILES string of the molecule is CC[C@H](C)NC(=O)C[C@H](NC(=O)c1ccccc1)c1ccccc1. The van der Waals surface area contributed by atoms with Gasteiger partial charge in [0, 0.05) is 11.6 Å². The van der Waals surface area contributed by atoms with Gasteiger partial charge in [0.15, 0.2) is 0 Å². The van der Waals surface area contributed by atoms with Gasteiger partial charge in [-0.05, 0) is 31.0 Å². The van der Waals surface area contributed by atoms with Gasteiger partial charge in [-0.25, -0.2) is 0 Å². The summed E-state index contributed by atoms with van der Waals surface area (Å²) >= 11 is 0. The van der Waals surface area contributed by atoms with Gasteiger partial charge < -0.3 is 10.6 Å². The largest absolute Gasteiger partial charge is 0.354 e. The Bertz CT molecular complexity index is 656. The Morgan fingerprint density at radius 1 is 0.917 bits per heavy atom. The molecule has 0 spiro atoms. The highest BCUT2D eigenvalue weighted by atomic mass is 16.2. The summed E-state index contributed by atoms with van der Waals surface area (Å²) in [5.74, 6) is -0.243. The van der Waals surface area contributed by atoms with Crippen molar-refractivity contribution in [3.8, 4) is 0 Å². The zero-order chi connectivity index (χ0) is 17.4. The molecule has 126 valence electrons. The highest BCUT2D eigenvalue weighted by Crippen LogP contribution is 2.17. The monoisotopic (exact) mass is 324 g/mol. The van der Waals surface area contributed by atoms with Crippen LogP contribution in [0.3, 0.4) is 0 Å². The van der Waals surface area contributed by atoms with Gasteiger partial charge in [0.05, 0.1) is 12.5 Å². The summed E-state index contributed by atoms with van der Waals surface area (Å²) in [6, 6.07) is 18.4. The van der Waals surface area contributed by atoms with Crippen molar-refractivity contribution in [2.24, 2.45) is 0 Å². The molecule has 0 fully saturated rings. The van der Waals surface area contributed by atoms with Crippen molar-refractivity contribution in [2.45, 2.75) is 38.8 Å². The third kappa shape index (κ3) is 5.23. The fourth-order valence-corrected chi connectivity index (χ4v) is 2.39. The molecule has 2 aromatic carbocycles. The van der Waals surface area contributed by atoms with Crippen LogP contribution in [-0.2, 0) is 4.79 Å². The van der Waals surface area contributed by atoms with Crippen molar-refractivity contribution in [1.82, 2.24) is 10.6 Å². The predicted octanol–water partition coefficient (Wildman–Crippen LogP) is 3.46. The van der Waals surface area contributed by atoms with Gasteiger partial charge in [0.1, 0.15) is 0 Å². The summed E-state index contributed by atoms with van der Waals surface area (Å²) in [6.07, 6.45) is 1.09. The first-order valence-electron chi connectivity index (χ1n) is 8.30. The fraction of sp³-hybridized carbons (Fsp3) is 0.300. The number of hydrogen-bond acceptors (Lipinski definition) is 2. The summed E-state index contributed by atoms with van der Waals surface area (Å²) in [6.45, 7) is 3.99. The average Bonchev–Trinajstić information content (AvgIpc) is 2.62. The van der Waals surface area contributed by atoms with E-state index in [0.717, 1.165) is 12.0 Å². The molecule has 0 aliphatic carbocycles. The molecular formula is C20H24N2O2. The Morgan fingerprint density at radius 2 is 1.50 bits per heavy atom. The summed E-state index contributed by atoms with van der Waals surface area (Å²) in [5.41, 5.74) is 1.50. The summed E-state index contributed by atoms with van der Waals surface area (Å²) < 4.78 is 0. The lowest BCUT2D eigenvalue weighted by Gasteiger charge is -2.20. The Morgan fingerprint density at radius 3 is 2.08 bits per heavy atom. The van der Waals surface area contributed by atoms with E-state index in [-0.39, 0.29) is 30.3 Å². The normalized spacial score (nSPS) is 12.9. The summed E-state index contributed by atoms with van der Waals surface area (Å²) in [5, 5.41) is 5.92. The topological polar surface area (TPSA) is 58.2 Å². The molecule has 24 heavy (non-hydrogen) atoms. The lowest BCUT2D eigenvalue weighted by molar-refractivity contribution is -0.122. The highest BCUT2D eigenvalue weighted by Gasteiger charge is 2.19. The Balaban J connectivity index is 2.12. The van der Waals surface area contributed by atoms with Crippen LogP contribution in [-0.4, -0.2) is 17.9 Å². The number of benzene rings is 2. The van der Waals surface area contributed by atoms with E-state index in [1.165, 1.54) is 0 Å². The molecule has 2 aromatic rings. The smallest absolute Gasteiger partial charge is 0.251 e. The van der Waals surface area contributed by atoms with Crippen molar-refractivity contribution in [2.75, 3.05) is 0 Å². The molecule has 2 N–H and O–H groups in total. The second-order valence-electron chi connectivity index (χ2n) is 5.88. The van der Waals surface area contributed by atoms with Gasteiger partial charge in [-0.15, -0.1) is 0 Å². The fourth-order valence-electron chi connectivity index (χ4n) is 2.39. The van der Waals surface area contributed by atoms with Gasteiger partial charge in [-0.3, -0.25) is 9.59 Å². The van der Waals surface area contributed by atoms with E-state index < -0.39 is 0 Å². The van der Waals surface area contributed by atoms with Crippen LogP contribution in [0.2, 0.25) is 0 Å².